The molecular formula is C49H63N7O6S. The van der Waals surface area contributed by atoms with Crippen LogP contribution in [0.15, 0.2) is 77.0 Å². The van der Waals surface area contributed by atoms with E-state index in [1.165, 1.54) is 57.1 Å². The van der Waals surface area contributed by atoms with Gasteiger partial charge in [0.2, 0.25) is 0 Å². The summed E-state index contributed by atoms with van der Waals surface area (Å²) in [4.78, 5) is 37.6. The van der Waals surface area contributed by atoms with Gasteiger partial charge in [-0.05, 0) is 128 Å². The van der Waals surface area contributed by atoms with Gasteiger partial charge >= 0.3 is 0 Å². The SMILES string of the molecule is CCC12CC(C3=C(CN4CCN(c5ccc(C(=O)NS(=O)(=O)c6ccc(NCC7CCC(C)(C)CC7)c([N+](=O)[O-])c6)c(Oc6cnc7[nH]ccc7c6)c5)CC4)CCC(C)(C)C3)(C1)C2. The predicted octanol–water partition coefficient (Wildman–Crippen LogP) is 10.2. The highest BCUT2D eigenvalue weighted by atomic mass is 32.2. The minimum absolute atomic E-state index is 0.00304. The molecule has 1 amide bonds. The van der Waals surface area contributed by atoms with Gasteiger partial charge in [0.15, 0.2) is 0 Å². The number of amides is 1. The monoisotopic (exact) mass is 877 g/mol. The molecule has 0 unspecified atom stereocenters. The van der Waals surface area contributed by atoms with Crippen LogP contribution in [0.4, 0.5) is 17.1 Å². The third-order valence-electron chi connectivity index (χ3n) is 15.4. The normalized spacial score (nSPS) is 24.7. The van der Waals surface area contributed by atoms with Gasteiger partial charge in [0.25, 0.3) is 21.6 Å². The Bertz CT molecular complexity index is 2540. The second-order valence-corrected chi connectivity index (χ2v) is 22.8. The van der Waals surface area contributed by atoms with E-state index in [4.69, 9.17) is 4.74 Å². The molecule has 0 spiro atoms. The fourth-order valence-electron chi connectivity index (χ4n) is 11.4. The number of aromatic nitrogens is 2. The number of benzene rings is 2. The molecule has 0 atom stereocenters. The summed E-state index contributed by atoms with van der Waals surface area (Å²) in [6, 6.07) is 12.6. The van der Waals surface area contributed by atoms with Crippen molar-refractivity contribution in [3.63, 3.8) is 0 Å². The summed E-state index contributed by atoms with van der Waals surface area (Å²) < 4.78 is 36.0. The molecule has 3 heterocycles. The zero-order valence-corrected chi connectivity index (χ0v) is 38.3. The van der Waals surface area contributed by atoms with Crippen molar-refractivity contribution in [2.75, 3.05) is 49.5 Å². The summed E-state index contributed by atoms with van der Waals surface area (Å²) in [5, 5.41) is 16.2. The van der Waals surface area contributed by atoms with Crippen molar-refractivity contribution in [2.45, 2.75) is 110 Å². The molecule has 2 aromatic carbocycles. The Morgan fingerprint density at radius 2 is 1.71 bits per heavy atom. The molecule has 1 aliphatic heterocycles. The van der Waals surface area contributed by atoms with Gasteiger partial charge < -0.3 is 19.9 Å². The summed E-state index contributed by atoms with van der Waals surface area (Å²) in [5.41, 5.74) is 6.59. The van der Waals surface area contributed by atoms with Crippen molar-refractivity contribution < 1.29 is 22.9 Å². The lowest BCUT2D eigenvalue weighted by Gasteiger charge is -2.73. The van der Waals surface area contributed by atoms with Crippen LogP contribution >= 0.6 is 0 Å². The number of carbonyl (C=O) groups is 1. The van der Waals surface area contributed by atoms with Crippen LogP contribution in [0.5, 0.6) is 11.5 Å². The van der Waals surface area contributed by atoms with Gasteiger partial charge in [0, 0.05) is 68.7 Å². The average molecular weight is 878 g/mol. The number of aromatic amines is 1. The van der Waals surface area contributed by atoms with Gasteiger partial charge in [-0.15, -0.1) is 0 Å². The number of allylic oxidation sites excluding steroid dienone is 1. The molecule has 5 aliphatic carbocycles. The Morgan fingerprint density at radius 3 is 2.43 bits per heavy atom. The van der Waals surface area contributed by atoms with E-state index in [0.717, 1.165) is 75.5 Å². The van der Waals surface area contributed by atoms with Crippen molar-refractivity contribution in [3.8, 4) is 11.5 Å². The molecule has 336 valence electrons. The maximum absolute atomic E-state index is 14.0. The number of sulfonamides is 1. The quantitative estimate of drug-likeness (QED) is 0.0631. The molecule has 13 nitrogen and oxygen atoms in total. The first-order valence-corrected chi connectivity index (χ1v) is 24.5. The van der Waals surface area contributed by atoms with Crippen LogP contribution in [0.25, 0.3) is 11.0 Å². The number of hydrogen-bond donors (Lipinski definition) is 3. The van der Waals surface area contributed by atoms with Gasteiger partial charge in [-0.2, -0.15) is 0 Å². The number of carbonyl (C=O) groups excluding carboxylic acids is 1. The Balaban J connectivity index is 0.910. The highest BCUT2D eigenvalue weighted by Gasteiger charge is 2.68. The van der Waals surface area contributed by atoms with E-state index in [0.29, 0.717) is 45.5 Å². The molecule has 2 aromatic heterocycles. The number of hydrogen-bond acceptors (Lipinski definition) is 10. The number of H-pyrrole nitrogens is 1. The molecule has 5 fully saturated rings. The third kappa shape index (κ3) is 8.81. The van der Waals surface area contributed by atoms with Gasteiger partial charge in [0.05, 0.1) is 21.6 Å². The average Bonchev–Trinajstić information content (AvgIpc) is 3.69. The maximum Gasteiger partial charge on any atom is 0.293 e. The lowest BCUT2D eigenvalue weighted by molar-refractivity contribution is -0.384. The van der Waals surface area contributed by atoms with Gasteiger partial charge in [-0.25, -0.2) is 18.1 Å². The smallest absolute Gasteiger partial charge is 0.293 e. The molecule has 4 saturated carbocycles. The lowest BCUT2D eigenvalue weighted by Crippen LogP contribution is -2.63. The number of nitrogens with zero attached hydrogens (tertiary/aromatic N) is 4. The fourth-order valence-corrected chi connectivity index (χ4v) is 12.4. The van der Waals surface area contributed by atoms with Crippen LogP contribution in [0.2, 0.25) is 0 Å². The first kappa shape index (κ1) is 43.3. The second kappa shape index (κ2) is 16.2. The number of rotatable bonds is 14. The maximum atomic E-state index is 14.0. The van der Waals surface area contributed by atoms with Crippen LogP contribution in [0, 0.1) is 37.7 Å². The fraction of sp³-hybridized carbons (Fsp3) is 0.551. The first-order valence-electron chi connectivity index (χ1n) is 23.0. The number of pyridine rings is 1. The number of piperazine rings is 1. The summed E-state index contributed by atoms with van der Waals surface area (Å²) in [7, 11) is -4.53. The molecular weight excluding hydrogens is 815 g/mol. The number of ether oxygens (including phenoxy) is 1. The molecule has 0 radical (unpaired) electrons. The first-order chi connectivity index (χ1) is 29.9. The molecule has 10 rings (SSSR count). The number of nitro benzene ring substituents is 1. The van der Waals surface area contributed by atoms with Gasteiger partial charge in [-0.1, -0.05) is 52.2 Å². The van der Waals surface area contributed by atoms with E-state index >= 15 is 0 Å². The summed E-state index contributed by atoms with van der Waals surface area (Å²) in [6.45, 7) is 16.7. The van der Waals surface area contributed by atoms with Crippen molar-refractivity contribution in [3.05, 3.63) is 87.7 Å². The van der Waals surface area contributed by atoms with Crippen molar-refractivity contribution in [2.24, 2.45) is 27.6 Å². The van der Waals surface area contributed by atoms with Crippen LogP contribution < -0.4 is 19.7 Å². The molecule has 14 heteroatoms. The van der Waals surface area contributed by atoms with Crippen molar-refractivity contribution >= 4 is 44.0 Å². The molecule has 1 saturated heterocycles. The van der Waals surface area contributed by atoms with Crippen LogP contribution in [0.1, 0.15) is 116 Å². The number of nitrogens with one attached hydrogen (secondary N) is 3. The van der Waals surface area contributed by atoms with E-state index < -0.39 is 20.9 Å². The topological polar surface area (TPSA) is 163 Å². The van der Waals surface area contributed by atoms with Crippen LogP contribution in [-0.2, 0) is 10.0 Å². The van der Waals surface area contributed by atoms with Gasteiger partial charge in [0.1, 0.15) is 22.8 Å². The van der Waals surface area contributed by atoms with E-state index in [1.54, 1.807) is 41.7 Å². The summed E-state index contributed by atoms with van der Waals surface area (Å²) in [6.07, 6.45) is 16.6. The number of anilines is 2. The highest BCUT2D eigenvalue weighted by molar-refractivity contribution is 7.90. The molecule has 4 aromatic rings. The minimum Gasteiger partial charge on any atom is -0.455 e. The van der Waals surface area contributed by atoms with Crippen LogP contribution in [0.3, 0.4) is 0 Å². The largest absolute Gasteiger partial charge is 0.455 e. The number of fused-ring (bicyclic) bond motifs is 1. The lowest BCUT2D eigenvalue weighted by atomic mass is 9.31. The standard InChI is InChI=1S/C49H63N7O6S/c1-6-48-30-49(31-48,32-48)40-26-47(4,5)17-13-35(40)29-54-19-21-55(22-20-54)36-7-9-39(43(24-36)62-37-23-34-14-18-50-44(34)52-28-37)45(57)53-63(60,61)38-8-10-41(42(25-38)56(58)59)51-27-33-11-15-46(2,3)16-12-33/h7-10,14,18,23-25,28,33,51H,6,11-13,15-17,19-22,26-27,29-32H2,1-5H3,(H,50,52)(H,53,57). The minimum atomic E-state index is -4.53. The highest BCUT2D eigenvalue weighted by Crippen LogP contribution is 2.79. The predicted molar refractivity (Wildman–Crippen MR) is 247 cm³/mol. The molecule has 3 N–H and O–H groups in total. The summed E-state index contributed by atoms with van der Waals surface area (Å²) >= 11 is 0. The summed E-state index contributed by atoms with van der Waals surface area (Å²) in [5.74, 6) is -0.00582. The molecule has 2 bridgehead atoms. The van der Waals surface area contributed by atoms with E-state index in [2.05, 4.69) is 64.4 Å². The Kier molecular flexibility index (Phi) is 11.2. The van der Waals surface area contributed by atoms with Crippen molar-refractivity contribution in [1.82, 2.24) is 19.6 Å². The zero-order chi connectivity index (χ0) is 44.4. The van der Waals surface area contributed by atoms with Crippen LogP contribution in [-0.4, -0.2) is 73.4 Å². The van der Waals surface area contributed by atoms with E-state index in [-0.39, 0.29) is 27.6 Å². The van der Waals surface area contributed by atoms with E-state index in [1.807, 2.05) is 12.1 Å². The molecule has 63 heavy (non-hydrogen) atoms. The van der Waals surface area contributed by atoms with E-state index in [9.17, 15) is 23.3 Å². The molecule has 6 aliphatic rings. The Hall–Kier alpha value is -4.95. The third-order valence-corrected chi connectivity index (χ3v) is 16.8. The Labute approximate surface area is 371 Å². The zero-order valence-electron chi connectivity index (χ0n) is 37.5. The number of nitro groups is 1. The second-order valence-electron chi connectivity index (χ2n) is 21.1. The Morgan fingerprint density at radius 1 is 0.968 bits per heavy atom. The van der Waals surface area contributed by atoms with Crippen molar-refractivity contribution in [1.29, 1.82) is 0 Å². The van der Waals surface area contributed by atoms with Gasteiger partial charge in [-0.3, -0.25) is 19.8 Å².